The van der Waals surface area contributed by atoms with E-state index < -0.39 is 11.1 Å². The number of hydrogen-bond acceptors (Lipinski definition) is 4. The highest BCUT2D eigenvalue weighted by atomic mass is 79.9. The number of nitrogens with two attached hydrogens (primary N) is 1. The molecule has 0 aliphatic heterocycles. The van der Waals surface area contributed by atoms with Crippen LogP contribution in [0.4, 0.5) is 5.82 Å². The first-order valence-electron chi connectivity index (χ1n) is 5.12. The minimum absolute atomic E-state index is 0.0317. The maximum Gasteiger partial charge on any atom is 0.137 e. The van der Waals surface area contributed by atoms with Crippen molar-refractivity contribution in [1.29, 1.82) is 0 Å². The summed E-state index contributed by atoms with van der Waals surface area (Å²) in [6, 6.07) is 9.18. The number of hydrogen-bond donors (Lipinski definition) is 1. The summed E-state index contributed by atoms with van der Waals surface area (Å²) < 4.78 is 21.9. The van der Waals surface area contributed by atoms with Crippen LogP contribution >= 0.6 is 15.9 Å². The SMILES string of the molecule is Nc1ncc(-c2ccc(CS(=O)[O-])cc2)cc1Br. The van der Waals surface area contributed by atoms with E-state index in [-0.39, 0.29) is 5.75 Å². The normalized spacial score (nSPS) is 12.3. The largest absolute Gasteiger partial charge is 0.772 e. The molecule has 6 heteroatoms. The lowest BCUT2D eigenvalue weighted by molar-refractivity contribution is 0.536. The Bertz CT molecular complexity index is 587. The van der Waals surface area contributed by atoms with Gasteiger partial charge in [-0.2, -0.15) is 0 Å². The van der Waals surface area contributed by atoms with Crippen LogP contribution in [0, 0.1) is 0 Å². The molecule has 0 fully saturated rings. The molecule has 1 aromatic heterocycles. The molecule has 1 unspecified atom stereocenters. The molecule has 0 bridgehead atoms. The number of nitrogens with zero attached hydrogens (tertiary/aromatic N) is 1. The van der Waals surface area contributed by atoms with Gasteiger partial charge in [0.25, 0.3) is 0 Å². The van der Waals surface area contributed by atoms with E-state index in [0.717, 1.165) is 21.2 Å². The van der Waals surface area contributed by atoms with Crippen LogP contribution in [-0.2, 0) is 16.8 Å². The van der Waals surface area contributed by atoms with Crippen LogP contribution in [0.1, 0.15) is 5.56 Å². The van der Waals surface area contributed by atoms with Crippen LogP contribution in [0.3, 0.4) is 0 Å². The summed E-state index contributed by atoms with van der Waals surface area (Å²) in [4.78, 5) is 4.06. The molecule has 1 aromatic carbocycles. The predicted octanol–water partition coefficient (Wildman–Crippen LogP) is 2.47. The second-order valence-corrected chi connectivity index (χ2v) is 5.49. The minimum atomic E-state index is -2.06. The molecule has 2 N–H and O–H groups in total. The molecule has 4 nitrogen and oxygen atoms in total. The zero-order chi connectivity index (χ0) is 13.1. The number of halogens is 1. The third kappa shape index (κ3) is 3.16. The smallest absolute Gasteiger partial charge is 0.137 e. The van der Waals surface area contributed by atoms with Gasteiger partial charge in [0.2, 0.25) is 0 Å². The average Bonchev–Trinajstić information content (AvgIpc) is 2.33. The summed E-state index contributed by atoms with van der Waals surface area (Å²) in [6.07, 6.45) is 1.68. The molecule has 0 saturated carbocycles. The predicted molar refractivity (Wildman–Crippen MR) is 74.4 cm³/mol. The van der Waals surface area contributed by atoms with Gasteiger partial charge in [-0.3, -0.25) is 4.21 Å². The van der Waals surface area contributed by atoms with Crippen LogP contribution in [0.5, 0.6) is 0 Å². The fraction of sp³-hybridized carbons (Fsp3) is 0.0833. The molecular formula is C12H10BrN2O2S-. The van der Waals surface area contributed by atoms with E-state index in [9.17, 15) is 8.76 Å². The van der Waals surface area contributed by atoms with Crippen molar-refractivity contribution in [1.82, 2.24) is 4.98 Å². The number of benzene rings is 1. The van der Waals surface area contributed by atoms with Gasteiger partial charge in [0, 0.05) is 17.5 Å². The molecule has 2 aromatic rings. The van der Waals surface area contributed by atoms with Crippen LogP contribution in [-0.4, -0.2) is 13.7 Å². The first kappa shape index (κ1) is 13.2. The Morgan fingerprint density at radius 1 is 1.28 bits per heavy atom. The van der Waals surface area contributed by atoms with Crippen molar-refractivity contribution in [2.45, 2.75) is 5.75 Å². The van der Waals surface area contributed by atoms with E-state index in [1.54, 1.807) is 18.3 Å². The summed E-state index contributed by atoms with van der Waals surface area (Å²) in [5, 5.41) is 0. The zero-order valence-electron chi connectivity index (χ0n) is 9.30. The third-order valence-electron chi connectivity index (χ3n) is 2.44. The van der Waals surface area contributed by atoms with E-state index >= 15 is 0 Å². The summed E-state index contributed by atoms with van der Waals surface area (Å²) in [6.45, 7) is 0. The number of rotatable bonds is 3. The standard InChI is InChI=1S/C12H11BrN2O2S/c13-11-5-10(6-15-12(11)14)9-3-1-8(2-4-9)7-18(16)17/h1-6H,7H2,(H2,14,15)(H,16,17)/p-1. The zero-order valence-corrected chi connectivity index (χ0v) is 11.7. The number of aromatic nitrogens is 1. The summed E-state index contributed by atoms with van der Waals surface area (Å²) in [7, 11) is 0. The number of anilines is 1. The molecule has 0 saturated heterocycles. The van der Waals surface area contributed by atoms with Crippen molar-refractivity contribution in [2.75, 3.05) is 5.73 Å². The number of pyridine rings is 1. The third-order valence-corrected chi connectivity index (χ3v) is 3.65. The van der Waals surface area contributed by atoms with Gasteiger partial charge < -0.3 is 10.3 Å². The van der Waals surface area contributed by atoms with Crippen LogP contribution in [0.15, 0.2) is 41.0 Å². The van der Waals surface area contributed by atoms with Gasteiger partial charge in [-0.05, 0) is 33.1 Å². The van der Waals surface area contributed by atoms with Gasteiger partial charge in [-0.25, -0.2) is 4.98 Å². The van der Waals surface area contributed by atoms with Crippen molar-refractivity contribution in [2.24, 2.45) is 0 Å². The molecule has 1 atom stereocenters. The molecule has 0 aliphatic rings. The first-order valence-corrected chi connectivity index (χ1v) is 7.16. The van der Waals surface area contributed by atoms with Gasteiger partial charge in [0.05, 0.1) is 4.47 Å². The minimum Gasteiger partial charge on any atom is -0.772 e. The van der Waals surface area contributed by atoms with Crippen molar-refractivity contribution < 1.29 is 8.76 Å². The monoisotopic (exact) mass is 325 g/mol. The van der Waals surface area contributed by atoms with E-state index in [4.69, 9.17) is 5.73 Å². The summed E-state index contributed by atoms with van der Waals surface area (Å²) in [5.74, 6) is 0.473. The second kappa shape index (κ2) is 5.60. The average molecular weight is 326 g/mol. The van der Waals surface area contributed by atoms with Crippen molar-refractivity contribution >= 4 is 32.8 Å². The molecule has 2 rings (SSSR count). The molecule has 0 radical (unpaired) electrons. The highest BCUT2D eigenvalue weighted by Crippen LogP contribution is 2.25. The van der Waals surface area contributed by atoms with Crippen molar-refractivity contribution in [3.8, 4) is 11.1 Å². The maximum absolute atomic E-state index is 10.6. The van der Waals surface area contributed by atoms with Crippen molar-refractivity contribution in [3.63, 3.8) is 0 Å². The molecule has 0 amide bonds. The topological polar surface area (TPSA) is 79.0 Å². The van der Waals surface area contributed by atoms with E-state index in [1.807, 2.05) is 18.2 Å². The quantitative estimate of drug-likeness (QED) is 0.879. The van der Waals surface area contributed by atoms with Crippen molar-refractivity contribution in [3.05, 3.63) is 46.6 Å². The van der Waals surface area contributed by atoms with E-state index in [1.165, 1.54) is 0 Å². The highest BCUT2D eigenvalue weighted by Gasteiger charge is 2.02. The highest BCUT2D eigenvalue weighted by molar-refractivity contribution is 9.10. The molecule has 1 heterocycles. The second-order valence-electron chi connectivity index (χ2n) is 3.74. The Hall–Kier alpha value is -1.24. The Kier molecular flexibility index (Phi) is 4.11. The van der Waals surface area contributed by atoms with Gasteiger partial charge in [-0.1, -0.05) is 35.3 Å². The fourth-order valence-electron chi connectivity index (χ4n) is 1.54. The summed E-state index contributed by atoms with van der Waals surface area (Å²) >= 11 is 1.26. The lowest BCUT2D eigenvalue weighted by atomic mass is 10.1. The van der Waals surface area contributed by atoms with E-state index in [2.05, 4.69) is 20.9 Å². The Balaban J connectivity index is 2.28. The Labute approximate surface area is 116 Å². The molecule has 18 heavy (non-hydrogen) atoms. The molecule has 94 valence electrons. The molecular weight excluding hydrogens is 316 g/mol. The van der Waals surface area contributed by atoms with Gasteiger partial charge in [0.15, 0.2) is 0 Å². The number of nitrogen functional groups attached to an aromatic ring is 1. The first-order chi connectivity index (χ1) is 8.56. The van der Waals surface area contributed by atoms with Gasteiger partial charge in [-0.15, -0.1) is 0 Å². The van der Waals surface area contributed by atoms with Gasteiger partial charge >= 0.3 is 0 Å². The van der Waals surface area contributed by atoms with Crippen LogP contribution in [0.2, 0.25) is 0 Å². The lowest BCUT2D eigenvalue weighted by Gasteiger charge is -2.07. The molecule has 0 spiro atoms. The fourth-order valence-corrected chi connectivity index (χ4v) is 2.35. The maximum atomic E-state index is 10.6. The Morgan fingerprint density at radius 3 is 2.50 bits per heavy atom. The lowest BCUT2D eigenvalue weighted by Crippen LogP contribution is -1.94. The van der Waals surface area contributed by atoms with Crippen LogP contribution in [0.25, 0.3) is 11.1 Å². The van der Waals surface area contributed by atoms with Crippen LogP contribution < -0.4 is 5.73 Å². The summed E-state index contributed by atoms with van der Waals surface area (Å²) in [5.41, 5.74) is 8.26. The molecule has 0 aliphatic carbocycles. The Morgan fingerprint density at radius 2 is 1.94 bits per heavy atom. The van der Waals surface area contributed by atoms with E-state index in [0.29, 0.717) is 5.82 Å². The van der Waals surface area contributed by atoms with Gasteiger partial charge in [0.1, 0.15) is 5.82 Å².